The normalized spacial score (nSPS) is 13.1. The van der Waals surface area contributed by atoms with E-state index < -0.39 is 10.0 Å². The number of thiophene rings is 1. The van der Waals surface area contributed by atoms with Crippen LogP contribution >= 0.6 is 11.3 Å². The van der Waals surface area contributed by atoms with Gasteiger partial charge in [0.1, 0.15) is 4.21 Å². The van der Waals surface area contributed by atoms with E-state index in [0.29, 0.717) is 23.7 Å². The highest BCUT2D eigenvalue weighted by Crippen LogP contribution is 2.21. The average Bonchev–Trinajstić information content (AvgIpc) is 2.86. The third-order valence-electron chi connectivity index (χ3n) is 2.78. The molecule has 1 atom stereocenters. The molecule has 21 heavy (non-hydrogen) atoms. The van der Waals surface area contributed by atoms with Crippen molar-refractivity contribution in [3.05, 3.63) is 17.0 Å². The highest BCUT2D eigenvalue weighted by Gasteiger charge is 2.17. The lowest BCUT2D eigenvalue weighted by Crippen LogP contribution is -2.38. The largest absolute Gasteiger partial charge is 0.356 e. The van der Waals surface area contributed by atoms with Gasteiger partial charge in [-0.05, 0) is 32.0 Å². The van der Waals surface area contributed by atoms with Gasteiger partial charge in [-0.2, -0.15) is 0 Å². The molecule has 0 saturated carbocycles. The van der Waals surface area contributed by atoms with Crippen molar-refractivity contribution in [2.75, 3.05) is 19.6 Å². The monoisotopic (exact) mass is 333 g/mol. The Morgan fingerprint density at radius 3 is 2.71 bits per heavy atom. The van der Waals surface area contributed by atoms with Crippen molar-refractivity contribution >= 4 is 27.3 Å². The van der Waals surface area contributed by atoms with Gasteiger partial charge >= 0.3 is 0 Å². The summed E-state index contributed by atoms with van der Waals surface area (Å²) in [5, 5.41) is 5.84. The van der Waals surface area contributed by atoms with Gasteiger partial charge in [0.05, 0.1) is 0 Å². The Morgan fingerprint density at radius 2 is 2.10 bits per heavy atom. The predicted molar refractivity (Wildman–Crippen MR) is 85.0 cm³/mol. The smallest absolute Gasteiger partial charge is 0.250 e. The van der Waals surface area contributed by atoms with Crippen molar-refractivity contribution in [1.29, 1.82) is 0 Å². The molecule has 8 heteroatoms. The number of amides is 1. The van der Waals surface area contributed by atoms with Gasteiger partial charge in [-0.15, -0.1) is 11.3 Å². The van der Waals surface area contributed by atoms with Crippen LogP contribution in [0.5, 0.6) is 0 Å². The second-order valence-electron chi connectivity index (χ2n) is 4.76. The molecule has 3 N–H and O–H groups in total. The van der Waals surface area contributed by atoms with E-state index in [1.165, 1.54) is 18.3 Å². The lowest BCUT2D eigenvalue weighted by molar-refractivity contribution is -0.118. The number of hydrogen-bond acceptors (Lipinski definition) is 5. The Labute approximate surface area is 130 Å². The number of hydrogen-bond donors (Lipinski definition) is 3. The molecule has 0 saturated heterocycles. The summed E-state index contributed by atoms with van der Waals surface area (Å²) in [6.07, 6.45) is 0.632. The molecule has 1 aromatic heterocycles. The lowest BCUT2D eigenvalue weighted by Gasteiger charge is -2.12. The molecule has 1 rings (SSSR count). The minimum Gasteiger partial charge on any atom is -0.356 e. The van der Waals surface area contributed by atoms with E-state index in [0.717, 1.165) is 11.4 Å². The first-order valence-electron chi connectivity index (χ1n) is 6.91. The molecule has 120 valence electrons. The van der Waals surface area contributed by atoms with Gasteiger partial charge in [-0.3, -0.25) is 4.79 Å². The first kappa shape index (κ1) is 18.1. The molecule has 1 amide bonds. The van der Waals surface area contributed by atoms with Gasteiger partial charge in [-0.25, -0.2) is 13.1 Å². The molecule has 0 aromatic carbocycles. The van der Waals surface area contributed by atoms with E-state index in [1.807, 2.05) is 13.8 Å². The SMILES string of the molecule is CCN[C@H](C)CNS(=O)(=O)c1ccc(CCNC(C)=O)s1. The second kappa shape index (κ2) is 8.47. The molecule has 0 bridgehead atoms. The third-order valence-corrected chi connectivity index (χ3v) is 5.84. The summed E-state index contributed by atoms with van der Waals surface area (Å²) in [5.41, 5.74) is 0. The van der Waals surface area contributed by atoms with Crippen molar-refractivity contribution < 1.29 is 13.2 Å². The van der Waals surface area contributed by atoms with Gasteiger partial charge in [-0.1, -0.05) is 6.92 Å². The number of nitrogens with one attached hydrogen (secondary N) is 3. The van der Waals surface area contributed by atoms with Gasteiger partial charge in [0, 0.05) is 30.9 Å². The minimum absolute atomic E-state index is 0.0847. The van der Waals surface area contributed by atoms with Crippen LogP contribution in [-0.4, -0.2) is 40.0 Å². The van der Waals surface area contributed by atoms with Crippen LogP contribution in [-0.2, 0) is 21.2 Å². The molecule has 0 aliphatic rings. The summed E-state index contributed by atoms with van der Waals surface area (Å²) < 4.78 is 27.2. The minimum atomic E-state index is -3.45. The summed E-state index contributed by atoms with van der Waals surface area (Å²) >= 11 is 1.23. The standard InChI is InChI=1S/C13H23N3O3S2/c1-4-14-10(2)9-16-21(18,19)13-6-5-12(20-13)7-8-15-11(3)17/h5-6,10,14,16H,4,7-9H2,1-3H3,(H,15,17)/t10-/m1/s1. The molecule has 1 aromatic rings. The quantitative estimate of drug-likeness (QED) is 0.621. The van der Waals surface area contributed by atoms with Gasteiger partial charge in [0.15, 0.2) is 0 Å². The summed E-state index contributed by atoms with van der Waals surface area (Å²) in [5.74, 6) is -0.0847. The van der Waals surface area contributed by atoms with E-state index in [2.05, 4.69) is 15.4 Å². The Balaban J connectivity index is 2.55. The van der Waals surface area contributed by atoms with E-state index >= 15 is 0 Å². The Hall–Kier alpha value is -0.960. The molecular weight excluding hydrogens is 310 g/mol. The zero-order valence-corrected chi connectivity index (χ0v) is 14.2. The number of carbonyl (C=O) groups is 1. The van der Waals surface area contributed by atoms with Crippen LogP contribution in [0.4, 0.5) is 0 Å². The summed E-state index contributed by atoms with van der Waals surface area (Å²) in [6, 6.07) is 3.48. The molecule has 0 fully saturated rings. The van der Waals surface area contributed by atoms with Crippen LogP contribution < -0.4 is 15.4 Å². The van der Waals surface area contributed by atoms with Crippen LogP contribution in [0, 0.1) is 0 Å². The maximum atomic E-state index is 12.1. The van der Waals surface area contributed by atoms with Crippen molar-refractivity contribution in [2.24, 2.45) is 0 Å². The number of carbonyl (C=O) groups excluding carboxylic acids is 1. The van der Waals surface area contributed by atoms with Crippen molar-refractivity contribution in [3.8, 4) is 0 Å². The van der Waals surface area contributed by atoms with Gasteiger partial charge in [0.2, 0.25) is 15.9 Å². The highest BCUT2D eigenvalue weighted by molar-refractivity contribution is 7.91. The van der Waals surface area contributed by atoms with E-state index in [4.69, 9.17) is 0 Å². The van der Waals surface area contributed by atoms with Gasteiger partial charge < -0.3 is 10.6 Å². The third kappa shape index (κ3) is 6.56. The summed E-state index contributed by atoms with van der Waals surface area (Å²) in [6.45, 7) is 7.04. The zero-order chi connectivity index (χ0) is 15.9. The molecule has 6 nitrogen and oxygen atoms in total. The van der Waals surface area contributed by atoms with E-state index in [1.54, 1.807) is 12.1 Å². The van der Waals surface area contributed by atoms with Crippen LogP contribution in [0.15, 0.2) is 16.3 Å². The van der Waals surface area contributed by atoms with Crippen LogP contribution in [0.3, 0.4) is 0 Å². The Kier molecular flexibility index (Phi) is 7.30. The van der Waals surface area contributed by atoms with Crippen LogP contribution in [0.1, 0.15) is 25.6 Å². The lowest BCUT2D eigenvalue weighted by atomic mass is 10.3. The van der Waals surface area contributed by atoms with Crippen molar-refractivity contribution in [1.82, 2.24) is 15.4 Å². The number of sulfonamides is 1. The molecule has 1 heterocycles. The Morgan fingerprint density at radius 1 is 1.38 bits per heavy atom. The van der Waals surface area contributed by atoms with Crippen LogP contribution in [0.2, 0.25) is 0 Å². The first-order chi connectivity index (χ1) is 9.85. The van der Waals surface area contributed by atoms with Gasteiger partial charge in [0.25, 0.3) is 0 Å². The first-order valence-corrected chi connectivity index (χ1v) is 9.21. The molecule has 0 unspecified atom stereocenters. The summed E-state index contributed by atoms with van der Waals surface area (Å²) in [7, 11) is -3.45. The molecular formula is C13H23N3O3S2. The number of likely N-dealkylation sites (N-methyl/N-ethyl adjacent to an activating group) is 1. The fourth-order valence-corrected chi connectivity index (χ4v) is 4.26. The van der Waals surface area contributed by atoms with Crippen molar-refractivity contribution in [2.45, 2.75) is 37.4 Å². The molecule has 0 aliphatic heterocycles. The molecule has 0 radical (unpaired) electrons. The fourth-order valence-electron chi connectivity index (χ4n) is 1.73. The zero-order valence-electron chi connectivity index (χ0n) is 12.6. The average molecular weight is 333 g/mol. The highest BCUT2D eigenvalue weighted by atomic mass is 32.2. The maximum absolute atomic E-state index is 12.1. The van der Waals surface area contributed by atoms with Crippen LogP contribution in [0.25, 0.3) is 0 Å². The second-order valence-corrected chi connectivity index (χ2v) is 7.93. The fraction of sp³-hybridized carbons (Fsp3) is 0.615. The predicted octanol–water partition coefficient (Wildman–Crippen LogP) is 0.703. The summed E-state index contributed by atoms with van der Waals surface area (Å²) in [4.78, 5) is 11.7. The van der Waals surface area contributed by atoms with Crippen molar-refractivity contribution in [3.63, 3.8) is 0 Å². The maximum Gasteiger partial charge on any atom is 0.250 e. The van der Waals surface area contributed by atoms with E-state index in [9.17, 15) is 13.2 Å². The molecule has 0 spiro atoms. The topological polar surface area (TPSA) is 87.3 Å². The Bertz CT molecular complexity index is 555. The molecule has 0 aliphatic carbocycles. The number of rotatable bonds is 9. The van der Waals surface area contributed by atoms with E-state index in [-0.39, 0.29) is 11.9 Å².